The van der Waals surface area contributed by atoms with Crippen molar-refractivity contribution in [2.75, 3.05) is 5.75 Å². The van der Waals surface area contributed by atoms with Gasteiger partial charge in [0.2, 0.25) is 10.0 Å². The van der Waals surface area contributed by atoms with Gasteiger partial charge in [0.25, 0.3) is 0 Å². The molecule has 0 rings (SSSR count). The quantitative estimate of drug-likeness (QED) is 0.649. The van der Waals surface area contributed by atoms with Crippen LogP contribution in [0.4, 0.5) is 0 Å². The summed E-state index contributed by atoms with van der Waals surface area (Å²) in [5.74, 6) is -1.55. The predicted octanol–water partition coefficient (Wildman–Crippen LogP) is 0.463. The van der Waals surface area contributed by atoms with E-state index in [9.17, 15) is 13.2 Å². The third kappa shape index (κ3) is 6.37. The summed E-state index contributed by atoms with van der Waals surface area (Å²) in [6.45, 7) is 1.89. The summed E-state index contributed by atoms with van der Waals surface area (Å²) in [5.41, 5.74) is 0. The largest absolute Gasteiger partial charge is 0.480 e. The Labute approximate surface area is 95.3 Å². The molecule has 0 fully saturated rings. The number of hydrogen-bond acceptors (Lipinski definition) is 4. The van der Waals surface area contributed by atoms with Crippen molar-refractivity contribution in [2.45, 2.75) is 38.6 Å². The predicted molar refractivity (Wildman–Crippen MR) is 58.1 cm³/mol. The van der Waals surface area contributed by atoms with Crippen molar-refractivity contribution in [3.05, 3.63) is 0 Å². The minimum Gasteiger partial charge on any atom is -0.480 e. The van der Waals surface area contributed by atoms with Crippen LogP contribution in [0.3, 0.4) is 0 Å². The van der Waals surface area contributed by atoms with Crippen LogP contribution in [0.2, 0.25) is 0 Å². The van der Waals surface area contributed by atoms with Gasteiger partial charge in [0, 0.05) is 0 Å². The standard InChI is InChI=1S/C9H16N2O4S/c1-2-3-5-8(9(12)13)11-16(14,15)7-4-6-10/h8,11H,2-5,7H2,1H3,(H,12,13)/t8-/m0/s1. The van der Waals surface area contributed by atoms with E-state index in [1.54, 1.807) is 6.07 Å². The van der Waals surface area contributed by atoms with E-state index in [1.165, 1.54) is 0 Å². The first kappa shape index (κ1) is 14.9. The Morgan fingerprint density at radius 2 is 2.19 bits per heavy atom. The van der Waals surface area contributed by atoms with Crippen LogP contribution in [0.15, 0.2) is 0 Å². The molecule has 0 aromatic carbocycles. The van der Waals surface area contributed by atoms with Crippen LogP contribution in [-0.2, 0) is 14.8 Å². The zero-order chi connectivity index (χ0) is 12.6. The Morgan fingerprint density at radius 3 is 2.62 bits per heavy atom. The van der Waals surface area contributed by atoms with Gasteiger partial charge in [-0.05, 0) is 6.42 Å². The van der Waals surface area contributed by atoms with Gasteiger partial charge in [-0.3, -0.25) is 4.79 Å². The van der Waals surface area contributed by atoms with Gasteiger partial charge >= 0.3 is 5.97 Å². The summed E-state index contributed by atoms with van der Waals surface area (Å²) in [5, 5.41) is 17.1. The number of nitrogens with one attached hydrogen (secondary N) is 1. The van der Waals surface area contributed by atoms with Gasteiger partial charge < -0.3 is 5.11 Å². The maximum absolute atomic E-state index is 11.3. The van der Waals surface area contributed by atoms with E-state index in [0.29, 0.717) is 6.42 Å². The highest BCUT2D eigenvalue weighted by Crippen LogP contribution is 2.03. The number of aliphatic carboxylic acids is 1. The van der Waals surface area contributed by atoms with Gasteiger partial charge in [-0.15, -0.1) is 0 Å². The fourth-order valence-electron chi connectivity index (χ4n) is 1.10. The highest BCUT2D eigenvalue weighted by molar-refractivity contribution is 7.89. The molecule has 0 unspecified atom stereocenters. The van der Waals surface area contributed by atoms with Gasteiger partial charge in [-0.2, -0.15) is 5.26 Å². The van der Waals surface area contributed by atoms with Crippen molar-refractivity contribution < 1.29 is 18.3 Å². The molecule has 1 atom stereocenters. The van der Waals surface area contributed by atoms with E-state index in [2.05, 4.69) is 4.72 Å². The Kier molecular flexibility index (Phi) is 6.69. The van der Waals surface area contributed by atoms with Crippen molar-refractivity contribution >= 4 is 16.0 Å². The smallest absolute Gasteiger partial charge is 0.321 e. The third-order valence-electron chi connectivity index (χ3n) is 1.95. The first-order valence-electron chi connectivity index (χ1n) is 5.02. The Bertz CT molecular complexity index is 358. The maximum Gasteiger partial charge on any atom is 0.321 e. The topological polar surface area (TPSA) is 107 Å². The summed E-state index contributed by atoms with van der Waals surface area (Å²) < 4.78 is 24.8. The van der Waals surface area contributed by atoms with E-state index in [4.69, 9.17) is 10.4 Å². The second-order valence-electron chi connectivity index (χ2n) is 3.38. The minimum atomic E-state index is -3.67. The summed E-state index contributed by atoms with van der Waals surface area (Å²) >= 11 is 0. The molecule has 7 heteroatoms. The van der Waals surface area contributed by atoms with Crippen LogP contribution in [0.25, 0.3) is 0 Å². The lowest BCUT2D eigenvalue weighted by atomic mass is 10.1. The van der Waals surface area contributed by atoms with Crippen molar-refractivity contribution in [3.8, 4) is 6.07 Å². The number of carbonyl (C=O) groups is 1. The van der Waals surface area contributed by atoms with Crippen LogP contribution in [0.5, 0.6) is 0 Å². The fraction of sp³-hybridized carbons (Fsp3) is 0.778. The second-order valence-corrected chi connectivity index (χ2v) is 5.25. The molecule has 0 saturated heterocycles. The number of nitriles is 1. The molecule has 0 aromatic heterocycles. The molecule has 0 heterocycles. The van der Waals surface area contributed by atoms with E-state index in [-0.39, 0.29) is 18.6 Å². The van der Waals surface area contributed by atoms with Crippen LogP contribution in [0.1, 0.15) is 32.6 Å². The fourth-order valence-corrected chi connectivity index (χ4v) is 2.23. The first-order chi connectivity index (χ1) is 7.43. The van der Waals surface area contributed by atoms with Crippen LogP contribution in [0, 0.1) is 11.3 Å². The summed E-state index contributed by atoms with van der Waals surface area (Å²) in [6.07, 6.45) is 1.55. The maximum atomic E-state index is 11.3. The molecule has 6 nitrogen and oxygen atoms in total. The van der Waals surface area contributed by atoms with Crippen molar-refractivity contribution in [2.24, 2.45) is 0 Å². The molecule has 0 aromatic rings. The molecule has 0 aliphatic heterocycles. The molecule has 0 bridgehead atoms. The number of sulfonamides is 1. The molecule has 0 aliphatic rings. The molecular formula is C9H16N2O4S. The van der Waals surface area contributed by atoms with Gasteiger partial charge in [0.15, 0.2) is 0 Å². The minimum absolute atomic E-state index is 0.143. The zero-order valence-electron chi connectivity index (χ0n) is 9.14. The Morgan fingerprint density at radius 1 is 1.56 bits per heavy atom. The lowest BCUT2D eigenvalue weighted by Gasteiger charge is -2.13. The number of nitrogens with zero attached hydrogens (tertiary/aromatic N) is 1. The Balaban J connectivity index is 4.39. The van der Waals surface area contributed by atoms with Crippen molar-refractivity contribution in [3.63, 3.8) is 0 Å². The number of unbranched alkanes of at least 4 members (excludes halogenated alkanes) is 1. The van der Waals surface area contributed by atoms with Crippen LogP contribution < -0.4 is 4.72 Å². The highest BCUT2D eigenvalue weighted by atomic mass is 32.2. The molecule has 0 aliphatic carbocycles. The normalized spacial score (nSPS) is 13.0. The van der Waals surface area contributed by atoms with Gasteiger partial charge in [-0.1, -0.05) is 19.8 Å². The SMILES string of the molecule is CCCC[C@H](NS(=O)(=O)CCC#N)C(=O)O. The van der Waals surface area contributed by atoms with E-state index >= 15 is 0 Å². The summed E-state index contributed by atoms with van der Waals surface area (Å²) in [4.78, 5) is 10.8. The highest BCUT2D eigenvalue weighted by Gasteiger charge is 2.22. The van der Waals surface area contributed by atoms with Crippen molar-refractivity contribution in [1.82, 2.24) is 4.72 Å². The van der Waals surface area contributed by atoms with Gasteiger partial charge in [-0.25, -0.2) is 13.1 Å². The number of hydrogen-bond donors (Lipinski definition) is 2. The molecule has 92 valence electrons. The second kappa shape index (κ2) is 7.19. The number of rotatable bonds is 8. The molecule has 16 heavy (non-hydrogen) atoms. The number of carboxylic acid groups (broad SMARTS) is 1. The number of carboxylic acids is 1. The van der Waals surface area contributed by atoms with Crippen molar-refractivity contribution in [1.29, 1.82) is 5.26 Å². The average molecular weight is 248 g/mol. The third-order valence-corrected chi connectivity index (χ3v) is 3.33. The molecule has 2 N–H and O–H groups in total. The van der Waals surface area contributed by atoms with E-state index in [0.717, 1.165) is 6.42 Å². The molecule has 0 spiro atoms. The van der Waals surface area contributed by atoms with Gasteiger partial charge in [0.05, 0.1) is 18.2 Å². The molecular weight excluding hydrogens is 232 g/mol. The summed E-state index contributed by atoms with van der Waals surface area (Å²) in [6, 6.07) is 0.609. The monoisotopic (exact) mass is 248 g/mol. The lowest BCUT2D eigenvalue weighted by Crippen LogP contribution is -2.41. The Hall–Kier alpha value is -1.13. The average Bonchev–Trinajstić information content (AvgIpc) is 2.21. The van der Waals surface area contributed by atoms with E-state index < -0.39 is 22.0 Å². The van der Waals surface area contributed by atoms with Crippen LogP contribution >= 0.6 is 0 Å². The molecule has 0 amide bonds. The van der Waals surface area contributed by atoms with Gasteiger partial charge in [0.1, 0.15) is 6.04 Å². The zero-order valence-corrected chi connectivity index (χ0v) is 9.96. The molecule has 0 saturated carbocycles. The first-order valence-corrected chi connectivity index (χ1v) is 6.68. The summed E-state index contributed by atoms with van der Waals surface area (Å²) in [7, 11) is -3.67. The molecule has 0 radical (unpaired) electrons. The lowest BCUT2D eigenvalue weighted by molar-refractivity contribution is -0.139. The van der Waals surface area contributed by atoms with Crippen LogP contribution in [-0.4, -0.2) is 31.3 Å². The van der Waals surface area contributed by atoms with E-state index in [1.807, 2.05) is 6.92 Å².